The van der Waals surface area contributed by atoms with E-state index in [2.05, 4.69) is 26.8 Å². The molecular formula is C20H32. The van der Waals surface area contributed by atoms with E-state index < -0.39 is 0 Å². The first-order valence-electron chi connectivity index (χ1n) is 9.26. The molecule has 0 radical (unpaired) electrons. The van der Waals surface area contributed by atoms with Crippen LogP contribution >= 0.6 is 0 Å². The van der Waals surface area contributed by atoms with E-state index in [4.69, 9.17) is 0 Å². The molecule has 0 aliphatic heterocycles. The van der Waals surface area contributed by atoms with Gasteiger partial charge in [-0.1, -0.05) is 45.3 Å². The maximum absolute atomic E-state index is 2.75. The highest BCUT2D eigenvalue weighted by molar-refractivity contribution is 5.28. The molecule has 0 bridgehead atoms. The van der Waals surface area contributed by atoms with Crippen LogP contribution in [0.4, 0.5) is 0 Å². The Kier molecular flexibility index (Phi) is 2.93. The smallest absolute Gasteiger partial charge is 0.00853 e. The fourth-order valence-corrected chi connectivity index (χ4v) is 6.81. The van der Waals surface area contributed by atoms with Crippen molar-refractivity contribution in [3.8, 4) is 0 Å². The van der Waals surface area contributed by atoms with Crippen molar-refractivity contribution in [1.82, 2.24) is 0 Å². The van der Waals surface area contributed by atoms with Gasteiger partial charge >= 0.3 is 0 Å². The molecule has 0 aromatic heterocycles. The quantitative estimate of drug-likeness (QED) is 0.476. The second-order valence-electron chi connectivity index (χ2n) is 9.00. The molecule has 0 heteroatoms. The van der Waals surface area contributed by atoms with Gasteiger partial charge < -0.3 is 0 Å². The number of allylic oxidation sites excluding steroid dienone is 2. The predicted octanol–water partition coefficient (Wildman–Crippen LogP) is 5.98. The average Bonchev–Trinajstić information content (AvgIpc) is 2.74. The van der Waals surface area contributed by atoms with E-state index in [-0.39, 0.29) is 0 Å². The molecule has 6 unspecified atom stereocenters. The van der Waals surface area contributed by atoms with Gasteiger partial charge in [-0.05, 0) is 79.4 Å². The Bertz CT molecular complexity index is 433. The number of rotatable bonds is 0. The minimum atomic E-state index is 0.592. The zero-order valence-corrected chi connectivity index (χ0v) is 13.8. The zero-order chi connectivity index (χ0) is 14.0. The predicted molar refractivity (Wildman–Crippen MR) is 85.5 cm³/mol. The molecule has 0 spiro atoms. The van der Waals surface area contributed by atoms with Crippen molar-refractivity contribution in [2.45, 2.75) is 78.6 Å². The van der Waals surface area contributed by atoms with Crippen molar-refractivity contribution >= 4 is 0 Å². The third kappa shape index (κ3) is 1.60. The van der Waals surface area contributed by atoms with Crippen LogP contribution in [0.1, 0.15) is 78.6 Å². The van der Waals surface area contributed by atoms with Crippen molar-refractivity contribution in [3.63, 3.8) is 0 Å². The van der Waals surface area contributed by atoms with Gasteiger partial charge in [0.05, 0.1) is 0 Å². The van der Waals surface area contributed by atoms with Gasteiger partial charge in [0.15, 0.2) is 0 Å². The summed E-state index contributed by atoms with van der Waals surface area (Å²) in [6.07, 6.45) is 16.1. The number of hydrogen-bond acceptors (Lipinski definition) is 0. The Morgan fingerprint density at radius 3 is 2.70 bits per heavy atom. The van der Waals surface area contributed by atoms with E-state index in [1.54, 1.807) is 0 Å². The Morgan fingerprint density at radius 2 is 1.85 bits per heavy atom. The molecule has 6 atom stereocenters. The molecular weight excluding hydrogens is 240 g/mol. The van der Waals surface area contributed by atoms with Crippen LogP contribution in [0, 0.1) is 34.5 Å². The van der Waals surface area contributed by atoms with Crippen LogP contribution in [0.2, 0.25) is 0 Å². The van der Waals surface area contributed by atoms with Crippen molar-refractivity contribution in [2.24, 2.45) is 34.5 Å². The Labute approximate surface area is 125 Å². The minimum absolute atomic E-state index is 0.592. The lowest BCUT2D eigenvalue weighted by Gasteiger charge is -2.56. The van der Waals surface area contributed by atoms with Gasteiger partial charge in [0.2, 0.25) is 0 Å². The van der Waals surface area contributed by atoms with Crippen LogP contribution < -0.4 is 0 Å². The molecule has 0 aromatic rings. The van der Waals surface area contributed by atoms with Crippen LogP contribution in [-0.2, 0) is 0 Å². The van der Waals surface area contributed by atoms with Gasteiger partial charge in [-0.15, -0.1) is 0 Å². The van der Waals surface area contributed by atoms with Crippen molar-refractivity contribution in [1.29, 1.82) is 0 Å². The molecule has 112 valence electrons. The van der Waals surface area contributed by atoms with Gasteiger partial charge in [0.1, 0.15) is 0 Å². The highest BCUT2D eigenvalue weighted by Gasteiger charge is 2.55. The highest BCUT2D eigenvalue weighted by Crippen LogP contribution is 2.65. The minimum Gasteiger partial charge on any atom is -0.0839 e. The topological polar surface area (TPSA) is 0 Å². The maximum atomic E-state index is 2.75. The van der Waals surface area contributed by atoms with Crippen molar-refractivity contribution in [2.75, 3.05) is 0 Å². The summed E-state index contributed by atoms with van der Waals surface area (Å²) >= 11 is 0. The molecule has 0 amide bonds. The molecule has 0 heterocycles. The molecule has 4 rings (SSSR count). The molecule has 4 aliphatic carbocycles. The molecule has 0 nitrogen and oxygen atoms in total. The van der Waals surface area contributed by atoms with Crippen molar-refractivity contribution in [3.05, 3.63) is 11.6 Å². The lowest BCUT2D eigenvalue weighted by Crippen LogP contribution is -2.46. The van der Waals surface area contributed by atoms with E-state index in [0.29, 0.717) is 10.8 Å². The second kappa shape index (κ2) is 4.37. The van der Waals surface area contributed by atoms with Gasteiger partial charge in [0, 0.05) is 0 Å². The Morgan fingerprint density at radius 1 is 1.00 bits per heavy atom. The SMILES string of the molecule is CC1CCC2C3CCC4CCCCC4(C)C3=CCC12C. The van der Waals surface area contributed by atoms with Gasteiger partial charge in [-0.2, -0.15) is 0 Å². The normalized spacial score (nSPS) is 54.6. The van der Waals surface area contributed by atoms with E-state index in [9.17, 15) is 0 Å². The summed E-state index contributed by atoms with van der Waals surface area (Å²) in [7, 11) is 0. The number of fused-ring (bicyclic) bond motifs is 5. The first kappa shape index (κ1) is 13.4. The van der Waals surface area contributed by atoms with Crippen LogP contribution in [0.3, 0.4) is 0 Å². The molecule has 0 N–H and O–H groups in total. The summed E-state index contributed by atoms with van der Waals surface area (Å²) in [5, 5.41) is 0. The lowest BCUT2D eigenvalue weighted by atomic mass is 9.49. The Hall–Kier alpha value is -0.260. The first-order chi connectivity index (χ1) is 9.56. The summed E-state index contributed by atoms with van der Waals surface area (Å²) < 4.78 is 0. The zero-order valence-electron chi connectivity index (χ0n) is 13.8. The van der Waals surface area contributed by atoms with E-state index in [1.807, 2.05) is 5.57 Å². The third-order valence-corrected chi connectivity index (χ3v) is 8.42. The van der Waals surface area contributed by atoms with Crippen molar-refractivity contribution < 1.29 is 0 Å². The third-order valence-electron chi connectivity index (χ3n) is 8.42. The molecule has 4 aliphatic rings. The largest absolute Gasteiger partial charge is 0.0839 e. The summed E-state index contributed by atoms with van der Waals surface area (Å²) in [6, 6.07) is 0. The van der Waals surface area contributed by atoms with E-state index >= 15 is 0 Å². The first-order valence-corrected chi connectivity index (χ1v) is 9.26. The second-order valence-corrected chi connectivity index (χ2v) is 9.00. The maximum Gasteiger partial charge on any atom is -0.00853 e. The highest BCUT2D eigenvalue weighted by atomic mass is 14.6. The fraction of sp³-hybridized carbons (Fsp3) is 0.900. The van der Waals surface area contributed by atoms with Gasteiger partial charge in [0.25, 0.3) is 0 Å². The van der Waals surface area contributed by atoms with Gasteiger partial charge in [-0.3, -0.25) is 0 Å². The standard InChI is InChI=1S/C20H32/c1-14-7-10-17-16-9-8-15-6-4-5-12-20(15,3)18(16)11-13-19(14,17)2/h11,14-17H,4-10,12-13H2,1-3H3. The molecule has 0 aromatic carbocycles. The molecule has 3 fully saturated rings. The lowest BCUT2D eigenvalue weighted by molar-refractivity contribution is 0.0329. The van der Waals surface area contributed by atoms with Crippen LogP contribution in [0.15, 0.2) is 11.6 Å². The van der Waals surface area contributed by atoms with E-state index in [1.165, 1.54) is 57.8 Å². The monoisotopic (exact) mass is 272 g/mol. The average molecular weight is 272 g/mol. The summed E-state index contributed by atoms with van der Waals surface area (Å²) in [4.78, 5) is 0. The van der Waals surface area contributed by atoms with Crippen LogP contribution in [0.5, 0.6) is 0 Å². The fourth-order valence-electron chi connectivity index (χ4n) is 6.81. The summed E-state index contributed by atoms with van der Waals surface area (Å²) in [6.45, 7) is 7.76. The summed E-state index contributed by atoms with van der Waals surface area (Å²) in [5.41, 5.74) is 3.16. The molecule has 0 saturated heterocycles. The summed E-state index contributed by atoms with van der Waals surface area (Å²) in [5.74, 6) is 3.93. The van der Waals surface area contributed by atoms with Crippen LogP contribution in [-0.4, -0.2) is 0 Å². The van der Waals surface area contributed by atoms with Gasteiger partial charge in [-0.25, -0.2) is 0 Å². The molecule has 20 heavy (non-hydrogen) atoms. The number of hydrogen-bond donors (Lipinski definition) is 0. The Balaban J connectivity index is 1.72. The van der Waals surface area contributed by atoms with Crippen LogP contribution in [0.25, 0.3) is 0 Å². The molecule has 3 saturated carbocycles. The van der Waals surface area contributed by atoms with E-state index in [0.717, 1.165) is 23.7 Å².